The molecule has 0 saturated carbocycles. The van der Waals surface area contributed by atoms with Crippen molar-refractivity contribution in [3.63, 3.8) is 0 Å². The van der Waals surface area contributed by atoms with Gasteiger partial charge in [-0.3, -0.25) is 0 Å². The zero-order chi connectivity index (χ0) is 11.3. The summed E-state index contributed by atoms with van der Waals surface area (Å²) in [6.45, 7) is 5.83. The van der Waals surface area contributed by atoms with E-state index in [2.05, 4.69) is 18.1 Å². The number of nitrogens with zero attached hydrogens (tertiary/aromatic N) is 1. The van der Waals surface area contributed by atoms with Gasteiger partial charge < -0.3 is 4.74 Å². The fourth-order valence-electron chi connectivity index (χ4n) is 0.866. The molecule has 0 saturated heterocycles. The van der Waals surface area contributed by atoms with Crippen molar-refractivity contribution in [2.24, 2.45) is 0 Å². The first-order valence-electron chi connectivity index (χ1n) is 4.70. The third-order valence-electron chi connectivity index (χ3n) is 1.57. The summed E-state index contributed by atoms with van der Waals surface area (Å²) in [5.41, 5.74) is 1.23. The van der Waals surface area contributed by atoms with Gasteiger partial charge in [0.25, 0.3) is 0 Å². The van der Waals surface area contributed by atoms with Crippen molar-refractivity contribution in [2.45, 2.75) is 26.4 Å². The van der Waals surface area contributed by atoms with Crippen molar-refractivity contribution in [1.82, 2.24) is 0 Å². The molecule has 0 aromatic heterocycles. The van der Waals surface area contributed by atoms with Crippen LogP contribution in [0.3, 0.4) is 0 Å². The van der Waals surface area contributed by atoms with Gasteiger partial charge in [0.15, 0.2) is 0 Å². The lowest BCUT2D eigenvalue weighted by Crippen LogP contribution is -2.15. The smallest absolute Gasteiger partial charge is 0.116 e. The van der Waals surface area contributed by atoms with E-state index < -0.39 is 0 Å². The molecule has 0 aliphatic rings. The van der Waals surface area contributed by atoms with Gasteiger partial charge in [-0.1, -0.05) is 0 Å². The molecule has 0 amide bonds. The molecule has 0 atom stereocenters. The third kappa shape index (κ3) is 4.20. The van der Waals surface area contributed by atoms with E-state index in [1.54, 1.807) is 24.3 Å². The molecule has 0 spiro atoms. The van der Waals surface area contributed by atoms with Crippen molar-refractivity contribution in [1.29, 1.82) is 5.26 Å². The van der Waals surface area contributed by atoms with Crippen molar-refractivity contribution in [2.75, 3.05) is 0 Å². The summed E-state index contributed by atoms with van der Waals surface area (Å²) in [5, 5.41) is 8.60. The van der Waals surface area contributed by atoms with E-state index in [0.29, 0.717) is 5.56 Å². The van der Waals surface area contributed by atoms with Gasteiger partial charge >= 0.3 is 0 Å². The van der Waals surface area contributed by atoms with Crippen LogP contribution in [0.15, 0.2) is 24.3 Å². The molecule has 0 aliphatic heterocycles. The van der Waals surface area contributed by atoms with Crippen molar-refractivity contribution >= 4 is 0 Å². The lowest BCUT2D eigenvalue weighted by molar-refractivity contribution is 0.0963. The zero-order valence-corrected chi connectivity index (χ0v) is 9.16. The predicted molar refractivity (Wildman–Crippen MR) is 58.9 cm³/mol. The molecule has 0 radical (unpaired) electrons. The van der Waals surface area contributed by atoms with E-state index in [-0.39, 0.29) is 5.60 Å². The highest BCUT2D eigenvalue weighted by Crippen LogP contribution is 2.05. The lowest BCUT2D eigenvalue weighted by Gasteiger charge is -2.14. The summed E-state index contributed by atoms with van der Waals surface area (Å²) < 4.78 is 5.26. The molecule has 0 unspecified atom stereocenters. The van der Waals surface area contributed by atoms with Gasteiger partial charge in [0.05, 0.1) is 11.6 Å². The Bertz CT molecular complexity index is 421. The second-order valence-electron chi connectivity index (χ2n) is 4.13. The number of benzene rings is 1. The summed E-state index contributed by atoms with van der Waals surface area (Å²) in [4.78, 5) is 0. The number of rotatable bonds is 0. The first kappa shape index (κ1) is 11.1. The van der Waals surface area contributed by atoms with E-state index in [4.69, 9.17) is 10.00 Å². The first-order chi connectivity index (χ1) is 7.01. The summed E-state index contributed by atoms with van der Waals surface area (Å²) in [6.07, 6.45) is 2.65. The minimum Gasteiger partial charge on any atom is -0.441 e. The largest absolute Gasteiger partial charge is 0.441 e. The standard InChI is InChI=1S/C13H13NO/c1-13(2,3)15-9-8-11-4-6-12(10-14)7-5-11/h4-7H,1-3H3. The van der Waals surface area contributed by atoms with Crippen LogP contribution in [0.4, 0.5) is 0 Å². The second-order valence-corrected chi connectivity index (χ2v) is 4.13. The van der Waals surface area contributed by atoms with Gasteiger partial charge in [0, 0.05) is 5.56 Å². The quantitative estimate of drug-likeness (QED) is 0.602. The molecule has 0 aliphatic carbocycles. The average Bonchev–Trinajstić information content (AvgIpc) is 2.17. The van der Waals surface area contributed by atoms with Crippen LogP contribution in [0, 0.1) is 23.4 Å². The summed E-state index contributed by atoms with van der Waals surface area (Å²) >= 11 is 0. The van der Waals surface area contributed by atoms with Crippen LogP contribution in [0.2, 0.25) is 0 Å². The van der Waals surface area contributed by atoms with Crippen LogP contribution in [-0.4, -0.2) is 5.60 Å². The van der Waals surface area contributed by atoms with Crippen LogP contribution in [0.1, 0.15) is 31.9 Å². The summed E-state index contributed by atoms with van der Waals surface area (Å²) in [7, 11) is 0. The van der Waals surface area contributed by atoms with Crippen LogP contribution in [0.5, 0.6) is 0 Å². The fraction of sp³-hybridized carbons (Fsp3) is 0.308. The van der Waals surface area contributed by atoms with Gasteiger partial charge in [-0.15, -0.1) is 0 Å². The molecule has 0 heterocycles. The Labute approximate surface area is 90.5 Å². The maximum atomic E-state index is 8.60. The Kier molecular flexibility index (Phi) is 3.37. The molecular formula is C13H13NO. The molecule has 0 N–H and O–H groups in total. The molecule has 0 fully saturated rings. The molecule has 76 valence electrons. The summed E-state index contributed by atoms with van der Waals surface area (Å²) in [5.74, 6) is 2.87. The van der Waals surface area contributed by atoms with Crippen molar-refractivity contribution in [3.05, 3.63) is 35.4 Å². The van der Waals surface area contributed by atoms with Crippen LogP contribution in [0.25, 0.3) is 0 Å². The average molecular weight is 199 g/mol. The Morgan fingerprint density at radius 3 is 2.07 bits per heavy atom. The van der Waals surface area contributed by atoms with Crippen molar-refractivity contribution in [3.8, 4) is 18.1 Å². The summed E-state index contributed by atoms with van der Waals surface area (Å²) in [6, 6.07) is 9.14. The highest BCUT2D eigenvalue weighted by molar-refractivity contribution is 5.39. The number of ether oxygens (including phenoxy) is 1. The molecule has 15 heavy (non-hydrogen) atoms. The maximum Gasteiger partial charge on any atom is 0.116 e. The Morgan fingerprint density at radius 2 is 1.60 bits per heavy atom. The van der Waals surface area contributed by atoms with Crippen LogP contribution in [-0.2, 0) is 4.74 Å². The van der Waals surface area contributed by atoms with E-state index >= 15 is 0 Å². The molecule has 2 nitrogen and oxygen atoms in total. The Balaban J connectivity index is 2.70. The molecule has 1 rings (SSSR count). The SMILES string of the molecule is CC(C)(C)OC#Cc1ccc(C#N)cc1. The third-order valence-corrected chi connectivity index (χ3v) is 1.57. The monoisotopic (exact) mass is 199 g/mol. The molecule has 2 heteroatoms. The fourth-order valence-corrected chi connectivity index (χ4v) is 0.866. The minimum atomic E-state index is -0.250. The Morgan fingerprint density at radius 1 is 1.07 bits per heavy atom. The van der Waals surface area contributed by atoms with Gasteiger partial charge in [0.2, 0.25) is 0 Å². The second kappa shape index (κ2) is 4.53. The Hall–Kier alpha value is -1.93. The molecular weight excluding hydrogens is 186 g/mol. The van der Waals surface area contributed by atoms with E-state index in [0.717, 1.165) is 5.56 Å². The molecule has 0 bridgehead atoms. The van der Waals surface area contributed by atoms with Gasteiger partial charge in [-0.25, -0.2) is 0 Å². The number of hydrogen-bond donors (Lipinski definition) is 0. The van der Waals surface area contributed by atoms with Gasteiger partial charge in [-0.2, -0.15) is 5.26 Å². The first-order valence-corrected chi connectivity index (χ1v) is 4.70. The lowest BCUT2D eigenvalue weighted by atomic mass is 10.1. The topological polar surface area (TPSA) is 33.0 Å². The van der Waals surface area contributed by atoms with Crippen LogP contribution >= 0.6 is 0 Å². The number of nitriles is 1. The van der Waals surface area contributed by atoms with Crippen LogP contribution < -0.4 is 0 Å². The van der Waals surface area contributed by atoms with Gasteiger partial charge in [0.1, 0.15) is 11.7 Å². The maximum absolute atomic E-state index is 8.60. The van der Waals surface area contributed by atoms with E-state index in [1.165, 1.54) is 0 Å². The number of hydrogen-bond acceptors (Lipinski definition) is 2. The van der Waals surface area contributed by atoms with Gasteiger partial charge in [-0.05, 0) is 51.0 Å². The predicted octanol–water partition coefficient (Wildman–Crippen LogP) is 2.68. The highest BCUT2D eigenvalue weighted by Gasteiger charge is 2.07. The minimum absolute atomic E-state index is 0.250. The van der Waals surface area contributed by atoms with E-state index in [9.17, 15) is 0 Å². The zero-order valence-electron chi connectivity index (χ0n) is 9.16. The normalized spacial score (nSPS) is 9.73. The molecule has 1 aromatic rings. The molecule has 1 aromatic carbocycles. The van der Waals surface area contributed by atoms with E-state index in [1.807, 2.05) is 20.8 Å². The highest BCUT2D eigenvalue weighted by atomic mass is 16.5. The van der Waals surface area contributed by atoms with Crippen molar-refractivity contribution < 1.29 is 4.74 Å².